The highest BCUT2D eigenvalue weighted by Gasteiger charge is 2.15. The van der Waals surface area contributed by atoms with E-state index in [1.165, 1.54) is 12.1 Å². The van der Waals surface area contributed by atoms with Crippen LogP contribution in [0.1, 0.15) is 34.1 Å². The van der Waals surface area contributed by atoms with Crippen molar-refractivity contribution in [2.45, 2.75) is 20.8 Å². The standard InChI is InChI=1S/C17H17FN2O2/c1-4-5-15-11(3)13(17(21)20-22)9-16(19-15)12-7-6-10(2)14(18)8-12/h4-9,22H,1-3H3,(H,20,21)/b5-4-. The minimum atomic E-state index is -0.625. The van der Waals surface area contributed by atoms with Crippen molar-refractivity contribution < 1.29 is 14.4 Å². The highest BCUT2D eigenvalue weighted by molar-refractivity contribution is 5.96. The minimum Gasteiger partial charge on any atom is -0.288 e. The lowest BCUT2D eigenvalue weighted by atomic mass is 10.0. The van der Waals surface area contributed by atoms with E-state index >= 15 is 0 Å². The van der Waals surface area contributed by atoms with E-state index in [4.69, 9.17) is 5.21 Å². The first kappa shape index (κ1) is 15.9. The molecule has 0 fully saturated rings. The molecule has 0 radical (unpaired) electrons. The zero-order valence-electron chi connectivity index (χ0n) is 12.6. The topological polar surface area (TPSA) is 62.2 Å². The van der Waals surface area contributed by atoms with Crippen LogP contribution in [0.5, 0.6) is 0 Å². The number of hydroxylamine groups is 1. The molecule has 2 aromatic rings. The Hall–Kier alpha value is -2.53. The van der Waals surface area contributed by atoms with Gasteiger partial charge in [0.05, 0.1) is 11.4 Å². The number of allylic oxidation sites excluding steroid dienone is 1. The molecule has 2 rings (SSSR count). The molecule has 1 amide bonds. The van der Waals surface area contributed by atoms with Gasteiger partial charge in [0.2, 0.25) is 0 Å². The number of carbonyl (C=O) groups is 1. The molecule has 1 heterocycles. The molecule has 2 N–H and O–H groups in total. The Morgan fingerprint density at radius 1 is 1.32 bits per heavy atom. The number of aromatic nitrogens is 1. The predicted molar refractivity (Wildman–Crippen MR) is 83.1 cm³/mol. The number of hydrogen-bond donors (Lipinski definition) is 2. The third kappa shape index (κ3) is 3.04. The van der Waals surface area contributed by atoms with Crippen molar-refractivity contribution in [1.82, 2.24) is 10.5 Å². The number of benzene rings is 1. The normalized spacial score (nSPS) is 11.0. The fraction of sp³-hybridized carbons (Fsp3) is 0.176. The van der Waals surface area contributed by atoms with E-state index in [-0.39, 0.29) is 5.82 Å². The highest BCUT2D eigenvalue weighted by atomic mass is 19.1. The Bertz CT molecular complexity index is 755. The number of pyridine rings is 1. The maximum absolute atomic E-state index is 13.8. The zero-order chi connectivity index (χ0) is 16.3. The van der Waals surface area contributed by atoms with Crippen LogP contribution < -0.4 is 5.48 Å². The molecule has 0 aliphatic rings. The van der Waals surface area contributed by atoms with Crippen LogP contribution >= 0.6 is 0 Å². The van der Waals surface area contributed by atoms with E-state index in [2.05, 4.69) is 4.98 Å². The van der Waals surface area contributed by atoms with Crippen molar-refractivity contribution in [1.29, 1.82) is 0 Å². The van der Waals surface area contributed by atoms with Gasteiger partial charge in [-0.25, -0.2) is 14.9 Å². The smallest absolute Gasteiger partial charge is 0.275 e. The van der Waals surface area contributed by atoms with Gasteiger partial charge in [-0.2, -0.15) is 0 Å². The second-order valence-electron chi connectivity index (χ2n) is 4.97. The number of nitrogens with one attached hydrogen (secondary N) is 1. The Morgan fingerprint density at radius 2 is 2.05 bits per heavy atom. The quantitative estimate of drug-likeness (QED) is 0.671. The first-order valence-electron chi connectivity index (χ1n) is 6.83. The molecule has 0 saturated carbocycles. The molecule has 114 valence electrons. The minimum absolute atomic E-state index is 0.293. The van der Waals surface area contributed by atoms with E-state index in [1.807, 2.05) is 6.92 Å². The van der Waals surface area contributed by atoms with Gasteiger partial charge in [0, 0.05) is 11.1 Å². The summed E-state index contributed by atoms with van der Waals surface area (Å²) in [6.07, 6.45) is 3.56. The predicted octanol–water partition coefficient (Wildman–Crippen LogP) is 3.66. The summed E-state index contributed by atoms with van der Waals surface area (Å²) in [6, 6.07) is 6.33. The van der Waals surface area contributed by atoms with Crippen LogP contribution in [0.2, 0.25) is 0 Å². The zero-order valence-corrected chi connectivity index (χ0v) is 12.6. The number of rotatable bonds is 3. The number of hydrogen-bond acceptors (Lipinski definition) is 3. The van der Waals surface area contributed by atoms with E-state index in [1.54, 1.807) is 43.6 Å². The number of carbonyl (C=O) groups excluding carboxylic acids is 1. The number of halogens is 1. The van der Waals surface area contributed by atoms with Crippen LogP contribution in [0.4, 0.5) is 4.39 Å². The van der Waals surface area contributed by atoms with Crippen molar-refractivity contribution in [3.8, 4) is 11.3 Å². The van der Waals surface area contributed by atoms with Gasteiger partial charge in [0.15, 0.2) is 0 Å². The van der Waals surface area contributed by atoms with E-state index in [9.17, 15) is 9.18 Å². The third-order valence-corrected chi connectivity index (χ3v) is 3.45. The highest BCUT2D eigenvalue weighted by Crippen LogP contribution is 2.25. The van der Waals surface area contributed by atoms with Crippen LogP contribution in [0, 0.1) is 19.7 Å². The van der Waals surface area contributed by atoms with Crippen molar-refractivity contribution in [3.63, 3.8) is 0 Å². The van der Waals surface area contributed by atoms with Gasteiger partial charge in [-0.1, -0.05) is 18.2 Å². The van der Waals surface area contributed by atoms with Crippen molar-refractivity contribution in [2.24, 2.45) is 0 Å². The largest absolute Gasteiger partial charge is 0.288 e. The lowest BCUT2D eigenvalue weighted by Crippen LogP contribution is -2.20. The monoisotopic (exact) mass is 300 g/mol. The summed E-state index contributed by atoms with van der Waals surface area (Å²) in [5.74, 6) is -0.958. The first-order valence-corrected chi connectivity index (χ1v) is 6.83. The molecule has 0 atom stereocenters. The third-order valence-electron chi connectivity index (χ3n) is 3.45. The van der Waals surface area contributed by atoms with Crippen molar-refractivity contribution in [2.75, 3.05) is 0 Å². The van der Waals surface area contributed by atoms with Crippen LogP contribution in [-0.4, -0.2) is 16.1 Å². The summed E-state index contributed by atoms with van der Waals surface area (Å²) in [7, 11) is 0. The fourth-order valence-electron chi connectivity index (χ4n) is 2.15. The summed E-state index contributed by atoms with van der Waals surface area (Å²) in [4.78, 5) is 16.3. The van der Waals surface area contributed by atoms with Gasteiger partial charge in [-0.15, -0.1) is 0 Å². The molecule has 0 aliphatic carbocycles. The summed E-state index contributed by atoms with van der Waals surface area (Å²) >= 11 is 0. The molecule has 0 unspecified atom stereocenters. The lowest BCUT2D eigenvalue weighted by molar-refractivity contribution is 0.0705. The van der Waals surface area contributed by atoms with Gasteiger partial charge in [-0.3, -0.25) is 10.0 Å². The van der Waals surface area contributed by atoms with Crippen LogP contribution in [0.15, 0.2) is 30.3 Å². The number of nitrogens with zero attached hydrogens (tertiary/aromatic N) is 1. The van der Waals surface area contributed by atoms with E-state index in [0.29, 0.717) is 33.6 Å². The van der Waals surface area contributed by atoms with E-state index < -0.39 is 5.91 Å². The van der Waals surface area contributed by atoms with Crippen LogP contribution in [0.3, 0.4) is 0 Å². The Labute approximate surface area is 128 Å². The average Bonchev–Trinajstić information content (AvgIpc) is 2.51. The van der Waals surface area contributed by atoms with E-state index in [0.717, 1.165) is 0 Å². The fourth-order valence-corrected chi connectivity index (χ4v) is 2.15. The summed E-state index contributed by atoms with van der Waals surface area (Å²) < 4.78 is 13.8. The average molecular weight is 300 g/mol. The number of aryl methyl sites for hydroxylation is 1. The lowest BCUT2D eigenvalue weighted by Gasteiger charge is -2.11. The summed E-state index contributed by atoms with van der Waals surface area (Å²) in [5.41, 5.74) is 4.73. The van der Waals surface area contributed by atoms with Gasteiger partial charge in [0.25, 0.3) is 5.91 Å². The maximum Gasteiger partial charge on any atom is 0.275 e. The van der Waals surface area contributed by atoms with Gasteiger partial charge in [-0.05, 0) is 50.1 Å². The molecule has 22 heavy (non-hydrogen) atoms. The molecule has 5 heteroatoms. The molecule has 4 nitrogen and oxygen atoms in total. The summed E-state index contributed by atoms with van der Waals surface area (Å²) in [6.45, 7) is 5.26. The second-order valence-corrected chi connectivity index (χ2v) is 4.97. The van der Waals surface area contributed by atoms with Crippen molar-refractivity contribution in [3.05, 3.63) is 58.5 Å². The Morgan fingerprint density at radius 3 is 2.64 bits per heavy atom. The molecular weight excluding hydrogens is 283 g/mol. The van der Waals surface area contributed by atoms with Crippen LogP contribution in [0.25, 0.3) is 17.3 Å². The molecule has 1 aromatic carbocycles. The van der Waals surface area contributed by atoms with Gasteiger partial charge < -0.3 is 0 Å². The Balaban J connectivity index is 2.67. The first-order chi connectivity index (χ1) is 10.5. The molecule has 0 bridgehead atoms. The van der Waals surface area contributed by atoms with Crippen molar-refractivity contribution >= 4 is 12.0 Å². The molecule has 1 aromatic heterocycles. The second kappa shape index (κ2) is 6.49. The molecular formula is C17H17FN2O2. The maximum atomic E-state index is 13.8. The van der Waals surface area contributed by atoms with Gasteiger partial charge in [0.1, 0.15) is 5.82 Å². The molecule has 0 spiro atoms. The SMILES string of the molecule is C/C=C\c1nc(-c2ccc(C)c(F)c2)cc(C(=O)NO)c1C. The molecule has 0 saturated heterocycles. The van der Waals surface area contributed by atoms with Crippen LogP contribution in [-0.2, 0) is 0 Å². The van der Waals surface area contributed by atoms with Gasteiger partial charge >= 0.3 is 0 Å². The molecule has 0 aliphatic heterocycles. The Kier molecular flexibility index (Phi) is 4.68. The number of amides is 1. The summed E-state index contributed by atoms with van der Waals surface area (Å²) in [5, 5.41) is 8.88.